The van der Waals surface area contributed by atoms with Crippen molar-refractivity contribution in [2.24, 2.45) is 0 Å². The summed E-state index contributed by atoms with van der Waals surface area (Å²) in [5.74, 6) is -0.596. The molecule has 0 fully saturated rings. The highest BCUT2D eigenvalue weighted by atomic mass is 79.9. The van der Waals surface area contributed by atoms with Gasteiger partial charge in [-0.25, -0.2) is 9.37 Å². The summed E-state index contributed by atoms with van der Waals surface area (Å²) in [5.41, 5.74) is 0.802. The Labute approximate surface area is 124 Å². The van der Waals surface area contributed by atoms with Crippen LogP contribution >= 0.6 is 15.9 Å². The minimum Gasteiger partial charge on any atom is -0.341 e. The van der Waals surface area contributed by atoms with Crippen molar-refractivity contribution >= 4 is 21.8 Å². The maximum absolute atomic E-state index is 13.8. The van der Waals surface area contributed by atoms with Crippen molar-refractivity contribution in [3.8, 4) is 0 Å². The van der Waals surface area contributed by atoms with Crippen LogP contribution in [0.1, 0.15) is 16.1 Å². The number of nitrogens with zero attached hydrogens (tertiary/aromatic N) is 2. The van der Waals surface area contributed by atoms with E-state index >= 15 is 0 Å². The van der Waals surface area contributed by atoms with Gasteiger partial charge in [-0.1, -0.05) is 22.0 Å². The van der Waals surface area contributed by atoms with Gasteiger partial charge in [-0.3, -0.25) is 4.79 Å². The van der Waals surface area contributed by atoms with Gasteiger partial charge in [0.15, 0.2) is 0 Å². The van der Waals surface area contributed by atoms with E-state index in [1.54, 1.807) is 18.2 Å². The minimum atomic E-state index is -0.348. The number of hydrogen-bond acceptors (Lipinski definition) is 2. The van der Waals surface area contributed by atoms with Crippen molar-refractivity contribution in [3.63, 3.8) is 0 Å². The molecule has 0 atom stereocenters. The van der Waals surface area contributed by atoms with Crippen LogP contribution in [-0.4, -0.2) is 27.3 Å². The average molecular weight is 338 g/mol. The number of H-pyrrole nitrogens is 1. The summed E-state index contributed by atoms with van der Waals surface area (Å²) in [6.07, 6.45) is 4.47. The van der Waals surface area contributed by atoms with Crippen molar-refractivity contribution in [1.29, 1.82) is 0 Å². The van der Waals surface area contributed by atoms with E-state index in [0.717, 1.165) is 4.47 Å². The summed E-state index contributed by atoms with van der Waals surface area (Å²) in [6.45, 7) is 4.11. The van der Waals surface area contributed by atoms with Crippen LogP contribution in [0, 0.1) is 5.82 Å². The molecule has 0 aliphatic carbocycles. The lowest BCUT2D eigenvalue weighted by atomic mass is 10.2. The zero-order chi connectivity index (χ0) is 14.5. The van der Waals surface area contributed by atoms with Gasteiger partial charge in [0.1, 0.15) is 11.5 Å². The van der Waals surface area contributed by atoms with Crippen LogP contribution in [-0.2, 0) is 6.54 Å². The van der Waals surface area contributed by atoms with Crippen LogP contribution in [0.15, 0.2) is 47.9 Å². The first-order valence-electron chi connectivity index (χ1n) is 5.94. The van der Waals surface area contributed by atoms with E-state index in [1.807, 2.05) is 0 Å². The summed E-state index contributed by atoms with van der Waals surface area (Å²) in [6, 6.07) is 4.64. The third kappa shape index (κ3) is 3.33. The molecule has 104 valence electrons. The standard InChI is InChI=1S/C14H13BrFN3O/c1-2-5-19(14(20)13-7-17-9-18-13)8-10-6-11(15)3-4-12(10)16/h2-4,6-7,9H,1,5,8H2,(H,17,18). The number of aromatic nitrogens is 2. The number of aromatic amines is 1. The number of nitrogens with one attached hydrogen (secondary N) is 1. The van der Waals surface area contributed by atoms with Crippen LogP contribution in [0.25, 0.3) is 0 Å². The van der Waals surface area contributed by atoms with Gasteiger partial charge in [0.05, 0.1) is 12.5 Å². The van der Waals surface area contributed by atoms with Crippen molar-refractivity contribution < 1.29 is 9.18 Å². The molecular weight excluding hydrogens is 325 g/mol. The normalized spacial score (nSPS) is 10.3. The molecule has 6 heteroatoms. The van der Waals surface area contributed by atoms with Gasteiger partial charge in [0, 0.05) is 23.1 Å². The molecule has 0 aliphatic rings. The highest BCUT2D eigenvalue weighted by Gasteiger charge is 2.17. The van der Waals surface area contributed by atoms with E-state index < -0.39 is 0 Å². The smallest absolute Gasteiger partial charge is 0.272 e. The lowest BCUT2D eigenvalue weighted by molar-refractivity contribution is 0.0756. The Morgan fingerprint density at radius 3 is 3.00 bits per heavy atom. The number of amides is 1. The van der Waals surface area contributed by atoms with Crippen LogP contribution in [0.2, 0.25) is 0 Å². The molecule has 1 heterocycles. The summed E-state index contributed by atoms with van der Waals surface area (Å²) in [7, 11) is 0. The number of carbonyl (C=O) groups is 1. The predicted octanol–water partition coefficient (Wildman–Crippen LogP) is 3.14. The molecule has 1 aromatic carbocycles. The van der Waals surface area contributed by atoms with Crippen molar-refractivity contribution in [2.45, 2.75) is 6.54 Å². The molecule has 0 radical (unpaired) electrons. The van der Waals surface area contributed by atoms with Crippen molar-refractivity contribution in [1.82, 2.24) is 14.9 Å². The van der Waals surface area contributed by atoms with E-state index in [-0.39, 0.29) is 18.3 Å². The highest BCUT2D eigenvalue weighted by Crippen LogP contribution is 2.18. The summed E-state index contributed by atoms with van der Waals surface area (Å²) in [4.78, 5) is 20.3. The zero-order valence-corrected chi connectivity index (χ0v) is 12.2. The van der Waals surface area contributed by atoms with E-state index in [1.165, 1.54) is 23.5 Å². The summed E-state index contributed by atoms with van der Waals surface area (Å²) in [5, 5.41) is 0. The average Bonchev–Trinajstić information content (AvgIpc) is 2.95. The fourth-order valence-corrected chi connectivity index (χ4v) is 2.20. The molecule has 0 spiro atoms. The maximum Gasteiger partial charge on any atom is 0.272 e. The molecule has 1 aromatic heterocycles. The van der Waals surface area contributed by atoms with Crippen LogP contribution in [0.4, 0.5) is 4.39 Å². The van der Waals surface area contributed by atoms with Crippen LogP contribution in [0.5, 0.6) is 0 Å². The Kier molecular flexibility index (Phi) is 4.68. The molecule has 2 aromatic rings. The minimum absolute atomic E-state index is 0.162. The molecule has 0 saturated heterocycles. The van der Waals surface area contributed by atoms with E-state index in [0.29, 0.717) is 17.8 Å². The van der Waals surface area contributed by atoms with Gasteiger partial charge in [-0.05, 0) is 18.2 Å². The molecule has 0 bridgehead atoms. The van der Waals surface area contributed by atoms with Crippen molar-refractivity contribution in [2.75, 3.05) is 6.54 Å². The van der Waals surface area contributed by atoms with E-state index in [9.17, 15) is 9.18 Å². The summed E-state index contributed by atoms with van der Waals surface area (Å²) >= 11 is 3.29. The second kappa shape index (κ2) is 6.47. The summed E-state index contributed by atoms with van der Waals surface area (Å²) < 4.78 is 14.5. The van der Waals surface area contributed by atoms with Gasteiger partial charge in [0.25, 0.3) is 5.91 Å². The largest absolute Gasteiger partial charge is 0.341 e. The van der Waals surface area contributed by atoms with E-state index in [4.69, 9.17) is 0 Å². The molecular formula is C14H13BrFN3O. The monoisotopic (exact) mass is 337 g/mol. The predicted molar refractivity (Wildman–Crippen MR) is 77.6 cm³/mol. The van der Waals surface area contributed by atoms with Gasteiger partial charge in [-0.2, -0.15) is 0 Å². The van der Waals surface area contributed by atoms with Gasteiger partial charge in [0.2, 0.25) is 0 Å². The third-order valence-electron chi connectivity index (χ3n) is 2.73. The first kappa shape index (κ1) is 14.5. The fourth-order valence-electron chi connectivity index (χ4n) is 1.79. The number of halogens is 2. The Balaban J connectivity index is 2.23. The Bertz CT molecular complexity index is 613. The lowest BCUT2D eigenvalue weighted by Crippen LogP contribution is -2.31. The SMILES string of the molecule is C=CCN(Cc1cc(Br)ccc1F)C(=O)c1cnc[nH]1. The Morgan fingerprint density at radius 2 is 2.35 bits per heavy atom. The zero-order valence-electron chi connectivity index (χ0n) is 10.6. The van der Waals surface area contributed by atoms with Crippen LogP contribution < -0.4 is 0 Å². The topological polar surface area (TPSA) is 49.0 Å². The molecule has 1 amide bonds. The first-order chi connectivity index (χ1) is 9.61. The lowest BCUT2D eigenvalue weighted by Gasteiger charge is -2.20. The molecule has 1 N–H and O–H groups in total. The molecule has 0 unspecified atom stereocenters. The quantitative estimate of drug-likeness (QED) is 0.852. The molecule has 4 nitrogen and oxygen atoms in total. The Hall–Kier alpha value is -1.95. The number of imidazole rings is 1. The number of rotatable bonds is 5. The van der Waals surface area contributed by atoms with Gasteiger partial charge >= 0.3 is 0 Å². The molecule has 0 saturated carbocycles. The fraction of sp³-hybridized carbons (Fsp3) is 0.143. The maximum atomic E-state index is 13.8. The van der Waals surface area contributed by atoms with E-state index in [2.05, 4.69) is 32.5 Å². The Morgan fingerprint density at radius 1 is 1.55 bits per heavy atom. The second-order valence-corrected chi connectivity index (χ2v) is 5.09. The molecule has 20 heavy (non-hydrogen) atoms. The van der Waals surface area contributed by atoms with Gasteiger partial charge in [-0.15, -0.1) is 6.58 Å². The number of benzene rings is 1. The molecule has 0 aliphatic heterocycles. The second-order valence-electron chi connectivity index (χ2n) is 4.18. The first-order valence-corrected chi connectivity index (χ1v) is 6.73. The van der Waals surface area contributed by atoms with Gasteiger partial charge < -0.3 is 9.88 Å². The van der Waals surface area contributed by atoms with Crippen LogP contribution in [0.3, 0.4) is 0 Å². The third-order valence-corrected chi connectivity index (χ3v) is 3.23. The number of carbonyl (C=O) groups excluding carboxylic acids is 1. The van der Waals surface area contributed by atoms with Crippen molar-refractivity contribution in [3.05, 3.63) is 64.9 Å². The number of hydrogen-bond donors (Lipinski definition) is 1. The molecule has 2 rings (SSSR count). The highest BCUT2D eigenvalue weighted by molar-refractivity contribution is 9.10.